The molecule has 1 aromatic carbocycles. The summed E-state index contributed by atoms with van der Waals surface area (Å²) in [5.74, 6) is 4.80. The van der Waals surface area contributed by atoms with Crippen LogP contribution in [0.15, 0.2) is 30.9 Å². The molecule has 0 aliphatic heterocycles. The molecule has 0 unspecified atom stereocenters. The van der Waals surface area contributed by atoms with Gasteiger partial charge in [0.25, 0.3) is 0 Å². The summed E-state index contributed by atoms with van der Waals surface area (Å²) in [5, 5.41) is 12.5. The molecule has 0 saturated heterocycles. The molecule has 1 N–H and O–H groups in total. The number of hydrogen-bond acceptors (Lipinski definition) is 3. The summed E-state index contributed by atoms with van der Waals surface area (Å²) in [4.78, 5) is 3.81. The van der Waals surface area contributed by atoms with Crippen LogP contribution in [-0.2, 0) is 6.54 Å². The van der Waals surface area contributed by atoms with Gasteiger partial charge in [-0.15, -0.1) is 0 Å². The van der Waals surface area contributed by atoms with E-state index in [1.54, 1.807) is 17.1 Å². The first-order valence-electron chi connectivity index (χ1n) is 4.99. The molecule has 2 aromatic rings. The van der Waals surface area contributed by atoms with Crippen LogP contribution in [0.25, 0.3) is 0 Å². The third kappa shape index (κ3) is 3.13. The van der Waals surface area contributed by atoms with Crippen molar-refractivity contribution in [3.05, 3.63) is 47.8 Å². The molecular formula is C12H10FN3O. The molecule has 1 aromatic heterocycles. The van der Waals surface area contributed by atoms with Crippen LogP contribution in [-0.4, -0.2) is 26.5 Å². The van der Waals surface area contributed by atoms with Gasteiger partial charge < -0.3 is 5.11 Å². The van der Waals surface area contributed by atoms with E-state index in [1.807, 2.05) is 0 Å². The first-order valence-corrected chi connectivity index (χ1v) is 4.99. The minimum absolute atomic E-state index is 0.241. The Labute approximate surface area is 97.7 Å². The van der Waals surface area contributed by atoms with Gasteiger partial charge >= 0.3 is 0 Å². The standard InChI is InChI=1S/C12H10FN3O/c13-12-5-10(2-1-3-17)4-11(6-12)7-16-9-14-8-15-16/h4-6,8-9,17H,3,7H2. The van der Waals surface area contributed by atoms with Gasteiger partial charge in [-0.1, -0.05) is 11.8 Å². The van der Waals surface area contributed by atoms with E-state index in [0.717, 1.165) is 5.56 Å². The minimum Gasteiger partial charge on any atom is -0.384 e. The quantitative estimate of drug-likeness (QED) is 0.778. The number of rotatable bonds is 2. The third-order valence-corrected chi connectivity index (χ3v) is 2.08. The van der Waals surface area contributed by atoms with E-state index in [-0.39, 0.29) is 12.4 Å². The van der Waals surface area contributed by atoms with Crippen LogP contribution in [0.2, 0.25) is 0 Å². The zero-order valence-corrected chi connectivity index (χ0v) is 8.97. The average molecular weight is 231 g/mol. The highest BCUT2D eigenvalue weighted by Crippen LogP contribution is 2.09. The maximum atomic E-state index is 13.3. The van der Waals surface area contributed by atoms with E-state index in [9.17, 15) is 4.39 Å². The molecule has 0 spiro atoms. The molecule has 17 heavy (non-hydrogen) atoms. The van der Waals surface area contributed by atoms with Crippen molar-refractivity contribution in [1.29, 1.82) is 0 Å². The average Bonchev–Trinajstić information content (AvgIpc) is 2.78. The van der Waals surface area contributed by atoms with Gasteiger partial charge in [-0.2, -0.15) is 5.10 Å². The van der Waals surface area contributed by atoms with Gasteiger partial charge in [-0.3, -0.25) is 0 Å². The number of hydrogen-bond donors (Lipinski definition) is 1. The summed E-state index contributed by atoms with van der Waals surface area (Å²) in [6.07, 6.45) is 2.98. The summed E-state index contributed by atoms with van der Waals surface area (Å²) in [5.41, 5.74) is 1.28. The van der Waals surface area contributed by atoms with Crippen LogP contribution < -0.4 is 0 Å². The van der Waals surface area contributed by atoms with E-state index >= 15 is 0 Å². The number of aromatic nitrogens is 3. The number of aliphatic hydroxyl groups excluding tert-OH is 1. The minimum atomic E-state index is -0.357. The fraction of sp³-hybridized carbons (Fsp3) is 0.167. The molecule has 1 heterocycles. The number of nitrogens with zero attached hydrogens (tertiary/aromatic N) is 3. The maximum absolute atomic E-state index is 13.3. The molecule has 0 fully saturated rings. The van der Waals surface area contributed by atoms with E-state index in [2.05, 4.69) is 21.9 Å². The summed E-state index contributed by atoms with van der Waals surface area (Å²) < 4.78 is 14.9. The van der Waals surface area contributed by atoms with Crippen molar-refractivity contribution < 1.29 is 9.50 Å². The summed E-state index contributed by atoms with van der Waals surface area (Å²) in [6.45, 7) is 0.195. The molecule has 86 valence electrons. The van der Waals surface area contributed by atoms with Crippen LogP contribution in [0.3, 0.4) is 0 Å². The second kappa shape index (κ2) is 5.23. The van der Waals surface area contributed by atoms with E-state index < -0.39 is 0 Å². The molecule has 0 amide bonds. The number of halogens is 1. The van der Waals surface area contributed by atoms with Crippen LogP contribution in [0, 0.1) is 17.7 Å². The molecule has 0 atom stereocenters. The van der Waals surface area contributed by atoms with Gasteiger partial charge in [0.15, 0.2) is 0 Å². The maximum Gasteiger partial charge on any atom is 0.137 e. The lowest BCUT2D eigenvalue weighted by atomic mass is 10.1. The lowest BCUT2D eigenvalue weighted by Crippen LogP contribution is -2.00. The SMILES string of the molecule is OCC#Cc1cc(F)cc(Cn2cncn2)c1. The summed E-state index contributed by atoms with van der Waals surface area (Å²) >= 11 is 0. The van der Waals surface area contributed by atoms with Crippen molar-refractivity contribution in [3.8, 4) is 11.8 Å². The summed E-state index contributed by atoms with van der Waals surface area (Å²) in [7, 11) is 0. The third-order valence-electron chi connectivity index (χ3n) is 2.08. The Morgan fingerprint density at radius 2 is 2.24 bits per heavy atom. The Balaban J connectivity index is 2.25. The van der Waals surface area contributed by atoms with Crippen molar-refractivity contribution in [2.24, 2.45) is 0 Å². The smallest absolute Gasteiger partial charge is 0.137 e. The van der Waals surface area contributed by atoms with Crippen molar-refractivity contribution in [2.45, 2.75) is 6.54 Å². The number of benzene rings is 1. The monoisotopic (exact) mass is 231 g/mol. The highest BCUT2D eigenvalue weighted by Gasteiger charge is 2.01. The van der Waals surface area contributed by atoms with Crippen molar-refractivity contribution in [1.82, 2.24) is 14.8 Å². The van der Waals surface area contributed by atoms with Crippen LogP contribution in [0.4, 0.5) is 4.39 Å². The molecular weight excluding hydrogens is 221 g/mol. The van der Waals surface area contributed by atoms with Gasteiger partial charge in [0.2, 0.25) is 0 Å². The Bertz CT molecular complexity index is 555. The number of aliphatic hydroxyl groups is 1. The molecule has 4 nitrogen and oxygen atoms in total. The van der Waals surface area contributed by atoms with Gasteiger partial charge in [0, 0.05) is 5.56 Å². The first kappa shape index (κ1) is 11.3. The van der Waals surface area contributed by atoms with Gasteiger partial charge in [0.1, 0.15) is 25.1 Å². The van der Waals surface area contributed by atoms with Gasteiger partial charge in [-0.25, -0.2) is 14.1 Å². The van der Waals surface area contributed by atoms with Crippen molar-refractivity contribution >= 4 is 0 Å². The fourth-order valence-corrected chi connectivity index (χ4v) is 1.46. The zero-order valence-electron chi connectivity index (χ0n) is 8.97. The van der Waals surface area contributed by atoms with Crippen LogP contribution >= 0.6 is 0 Å². The Hall–Kier alpha value is -2.19. The lowest BCUT2D eigenvalue weighted by molar-refractivity contribution is 0.350. The Morgan fingerprint density at radius 3 is 2.94 bits per heavy atom. The largest absolute Gasteiger partial charge is 0.384 e. The Kier molecular flexibility index (Phi) is 3.48. The molecule has 0 aliphatic rings. The second-order valence-electron chi connectivity index (χ2n) is 3.40. The molecule has 0 bridgehead atoms. The lowest BCUT2D eigenvalue weighted by Gasteiger charge is -2.02. The van der Waals surface area contributed by atoms with Crippen LogP contribution in [0.1, 0.15) is 11.1 Å². The molecule has 5 heteroatoms. The zero-order chi connectivity index (χ0) is 12.1. The predicted octanol–water partition coefficient (Wildman–Crippen LogP) is 0.809. The molecule has 2 rings (SSSR count). The normalized spacial score (nSPS) is 9.76. The van der Waals surface area contributed by atoms with E-state index in [0.29, 0.717) is 12.1 Å². The highest BCUT2D eigenvalue weighted by molar-refractivity contribution is 5.37. The van der Waals surface area contributed by atoms with E-state index in [4.69, 9.17) is 5.11 Å². The second-order valence-corrected chi connectivity index (χ2v) is 3.40. The molecule has 0 radical (unpaired) electrons. The first-order chi connectivity index (χ1) is 8.28. The summed E-state index contributed by atoms with van der Waals surface area (Å²) in [6, 6.07) is 4.51. The highest BCUT2D eigenvalue weighted by atomic mass is 19.1. The van der Waals surface area contributed by atoms with Gasteiger partial charge in [-0.05, 0) is 23.8 Å². The predicted molar refractivity (Wildman–Crippen MR) is 59.5 cm³/mol. The molecule has 0 aliphatic carbocycles. The van der Waals surface area contributed by atoms with Crippen LogP contribution in [0.5, 0.6) is 0 Å². The van der Waals surface area contributed by atoms with Crippen molar-refractivity contribution in [2.75, 3.05) is 6.61 Å². The topological polar surface area (TPSA) is 50.9 Å². The fourth-order valence-electron chi connectivity index (χ4n) is 1.46. The van der Waals surface area contributed by atoms with Crippen molar-refractivity contribution in [3.63, 3.8) is 0 Å². The molecule has 0 saturated carbocycles. The van der Waals surface area contributed by atoms with Gasteiger partial charge in [0.05, 0.1) is 6.54 Å². The van der Waals surface area contributed by atoms with E-state index in [1.165, 1.54) is 18.5 Å². The Morgan fingerprint density at radius 1 is 1.35 bits per heavy atom.